The second kappa shape index (κ2) is 2.98. The standard InChI is InChI=1S/C10H17N/c11-10-6-4-9(5-7-10)8-2-1-3-8/h10H,1-7,11H2. The van der Waals surface area contributed by atoms with E-state index < -0.39 is 0 Å². The molecular weight excluding hydrogens is 134 g/mol. The van der Waals surface area contributed by atoms with Crippen LogP contribution in [0.25, 0.3) is 0 Å². The van der Waals surface area contributed by atoms with E-state index in [-0.39, 0.29) is 0 Å². The van der Waals surface area contributed by atoms with Crippen LogP contribution in [0.3, 0.4) is 0 Å². The first-order valence-electron chi connectivity index (χ1n) is 4.81. The molecule has 0 amide bonds. The van der Waals surface area contributed by atoms with Crippen molar-refractivity contribution >= 4 is 0 Å². The molecule has 2 fully saturated rings. The van der Waals surface area contributed by atoms with Crippen molar-refractivity contribution in [3.8, 4) is 0 Å². The van der Waals surface area contributed by atoms with Crippen molar-refractivity contribution in [2.24, 2.45) is 5.73 Å². The van der Waals surface area contributed by atoms with Crippen molar-refractivity contribution in [3.05, 3.63) is 11.1 Å². The van der Waals surface area contributed by atoms with E-state index in [1.807, 2.05) is 0 Å². The molecule has 2 N–H and O–H groups in total. The van der Waals surface area contributed by atoms with Crippen LogP contribution in [0.4, 0.5) is 0 Å². The summed E-state index contributed by atoms with van der Waals surface area (Å²) >= 11 is 0. The summed E-state index contributed by atoms with van der Waals surface area (Å²) in [7, 11) is 0. The lowest BCUT2D eigenvalue weighted by Gasteiger charge is -2.27. The zero-order chi connectivity index (χ0) is 7.68. The van der Waals surface area contributed by atoms with E-state index in [2.05, 4.69) is 0 Å². The minimum Gasteiger partial charge on any atom is -0.328 e. The molecule has 2 aliphatic rings. The van der Waals surface area contributed by atoms with Gasteiger partial charge in [-0.1, -0.05) is 11.1 Å². The Morgan fingerprint density at radius 3 is 1.91 bits per heavy atom. The third-order valence-electron chi connectivity index (χ3n) is 3.09. The molecule has 0 heterocycles. The predicted molar refractivity (Wildman–Crippen MR) is 47.3 cm³/mol. The highest BCUT2D eigenvalue weighted by atomic mass is 14.6. The number of hydrogen-bond acceptors (Lipinski definition) is 1. The van der Waals surface area contributed by atoms with Gasteiger partial charge in [-0.15, -0.1) is 0 Å². The molecule has 0 aromatic rings. The van der Waals surface area contributed by atoms with Crippen molar-refractivity contribution < 1.29 is 0 Å². The molecule has 0 aromatic carbocycles. The van der Waals surface area contributed by atoms with Gasteiger partial charge in [0, 0.05) is 6.04 Å². The third-order valence-corrected chi connectivity index (χ3v) is 3.09. The van der Waals surface area contributed by atoms with Crippen molar-refractivity contribution in [2.45, 2.75) is 51.0 Å². The molecule has 2 saturated carbocycles. The molecule has 0 bridgehead atoms. The maximum atomic E-state index is 5.83. The van der Waals surface area contributed by atoms with Gasteiger partial charge in [-0.05, 0) is 44.9 Å². The molecule has 11 heavy (non-hydrogen) atoms. The Balaban J connectivity index is 1.96. The zero-order valence-corrected chi connectivity index (χ0v) is 7.10. The molecule has 0 atom stereocenters. The van der Waals surface area contributed by atoms with Crippen LogP contribution in [0, 0.1) is 0 Å². The van der Waals surface area contributed by atoms with Crippen LogP contribution in [0.1, 0.15) is 44.9 Å². The molecule has 1 nitrogen and oxygen atoms in total. The molecule has 0 saturated heterocycles. The molecule has 0 aliphatic heterocycles. The van der Waals surface area contributed by atoms with Crippen LogP contribution >= 0.6 is 0 Å². The van der Waals surface area contributed by atoms with E-state index in [4.69, 9.17) is 5.73 Å². The topological polar surface area (TPSA) is 26.0 Å². The summed E-state index contributed by atoms with van der Waals surface area (Å²) in [5.41, 5.74) is 9.37. The lowest BCUT2D eigenvalue weighted by Crippen LogP contribution is -2.24. The summed E-state index contributed by atoms with van der Waals surface area (Å²) in [5, 5.41) is 0. The fourth-order valence-corrected chi connectivity index (χ4v) is 2.05. The fraction of sp³-hybridized carbons (Fsp3) is 0.800. The summed E-state index contributed by atoms with van der Waals surface area (Å²) < 4.78 is 0. The van der Waals surface area contributed by atoms with Crippen LogP contribution in [-0.4, -0.2) is 6.04 Å². The first-order valence-corrected chi connectivity index (χ1v) is 4.81. The van der Waals surface area contributed by atoms with Crippen LogP contribution in [0.2, 0.25) is 0 Å². The van der Waals surface area contributed by atoms with E-state index in [9.17, 15) is 0 Å². The molecule has 0 spiro atoms. The van der Waals surface area contributed by atoms with Gasteiger partial charge >= 0.3 is 0 Å². The summed E-state index contributed by atoms with van der Waals surface area (Å²) in [4.78, 5) is 0. The second-order valence-corrected chi connectivity index (χ2v) is 3.90. The Morgan fingerprint density at radius 1 is 0.909 bits per heavy atom. The van der Waals surface area contributed by atoms with Crippen LogP contribution in [0.5, 0.6) is 0 Å². The molecule has 2 aliphatic carbocycles. The van der Waals surface area contributed by atoms with Gasteiger partial charge in [0.25, 0.3) is 0 Å². The highest BCUT2D eigenvalue weighted by Gasteiger charge is 2.18. The molecule has 62 valence electrons. The first-order chi connectivity index (χ1) is 5.36. The fourth-order valence-electron chi connectivity index (χ4n) is 2.05. The zero-order valence-electron chi connectivity index (χ0n) is 7.10. The lowest BCUT2D eigenvalue weighted by molar-refractivity contribution is 0.493. The Bertz CT molecular complexity index is 165. The molecule has 0 unspecified atom stereocenters. The van der Waals surface area contributed by atoms with Gasteiger partial charge in [0.15, 0.2) is 0 Å². The molecule has 0 aromatic heterocycles. The van der Waals surface area contributed by atoms with Crippen molar-refractivity contribution in [3.63, 3.8) is 0 Å². The van der Waals surface area contributed by atoms with Crippen molar-refractivity contribution in [2.75, 3.05) is 0 Å². The smallest absolute Gasteiger partial charge is 0.00449 e. The van der Waals surface area contributed by atoms with E-state index in [0.29, 0.717) is 6.04 Å². The molecule has 0 radical (unpaired) electrons. The van der Waals surface area contributed by atoms with Gasteiger partial charge in [0.05, 0.1) is 0 Å². The quantitative estimate of drug-likeness (QED) is 0.528. The first kappa shape index (κ1) is 7.35. The Hall–Kier alpha value is -0.300. The maximum absolute atomic E-state index is 5.83. The summed E-state index contributed by atoms with van der Waals surface area (Å²) in [6, 6.07) is 0.499. The second-order valence-electron chi connectivity index (χ2n) is 3.90. The highest BCUT2D eigenvalue weighted by molar-refractivity contribution is 5.21. The molecule has 1 heteroatoms. The minimum absolute atomic E-state index is 0.499. The normalized spacial score (nSPS) is 31.9. The van der Waals surface area contributed by atoms with Gasteiger partial charge in [-0.3, -0.25) is 0 Å². The molecule has 2 rings (SSSR count). The van der Waals surface area contributed by atoms with Gasteiger partial charge in [-0.2, -0.15) is 0 Å². The van der Waals surface area contributed by atoms with Crippen LogP contribution < -0.4 is 5.73 Å². The van der Waals surface area contributed by atoms with E-state index in [0.717, 1.165) is 0 Å². The predicted octanol–water partition coefficient (Wildman–Crippen LogP) is 2.37. The number of hydrogen-bond donors (Lipinski definition) is 1. The van der Waals surface area contributed by atoms with Crippen molar-refractivity contribution in [1.29, 1.82) is 0 Å². The maximum Gasteiger partial charge on any atom is 0.00449 e. The van der Waals surface area contributed by atoms with E-state index in [1.54, 1.807) is 11.1 Å². The number of allylic oxidation sites excluding steroid dienone is 2. The van der Waals surface area contributed by atoms with Gasteiger partial charge in [0.2, 0.25) is 0 Å². The Labute approximate surface area is 68.7 Å². The third kappa shape index (κ3) is 1.48. The van der Waals surface area contributed by atoms with Crippen molar-refractivity contribution in [1.82, 2.24) is 0 Å². The van der Waals surface area contributed by atoms with Gasteiger partial charge < -0.3 is 5.73 Å². The number of nitrogens with two attached hydrogens (primary N) is 1. The van der Waals surface area contributed by atoms with Gasteiger partial charge in [0.1, 0.15) is 0 Å². The summed E-state index contributed by atoms with van der Waals surface area (Å²) in [6.07, 6.45) is 9.30. The Kier molecular flexibility index (Phi) is 1.99. The molecular formula is C10H17N. The largest absolute Gasteiger partial charge is 0.328 e. The lowest BCUT2D eigenvalue weighted by atomic mass is 9.80. The monoisotopic (exact) mass is 151 g/mol. The van der Waals surface area contributed by atoms with E-state index in [1.165, 1.54) is 44.9 Å². The average Bonchev–Trinajstić information content (AvgIpc) is 1.90. The summed E-state index contributed by atoms with van der Waals surface area (Å²) in [5.74, 6) is 0. The number of rotatable bonds is 0. The Morgan fingerprint density at radius 2 is 1.45 bits per heavy atom. The summed E-state index contributed by atoms with van der Waals surface area (Å²) in [6.45, 7) is 0. The van der Waals surface area contributed by atoms with Crippen LogP contribution in [0.15, 0.2) is 11.1 Å². The van der Waals surface area contributed by atoms with Gasteiger partial charge in [-0.25, -0.2) is 0 Å². The average molecular weight is 151 g/mol. The van der Waals surface area contributed by atoms with E-state index >= 15 is 0 Å². The highest BCUT2D eigenvalue weighted by Crippen LogP contribution is 2.35. The SMILES string of the molecule is NC1CCC(=C2CCC2)CC1. The minimum atomic E-state index is 0.499. The van der Waals surface area contributed by atoms with Crippen LogP contribution in [-0.2, 0) is 0 Å².